The van der Waals surface area contributed by atoms with Gasteiger partial charge < -0.3 is 9.72 Å². The monoisotopic (exact) mass is 425 g/mol. The lowest BCUT2D eigenvalue weighted by molar-refractivity contribution is 0.414. The van der Waals surface area contributed by atoms with Crippen molar-refractivity contribution in [2.24, 2.45) is 0 Å². The summed E-state index contributed by atoms with van der Waals surface area (Å²) in [5.74, 6) is 0.524. The maximum atomic E-state index is 12.9. The summed E-state index contributed by atoms with van der Waals surface area (Å²) >= 11 is 0. The van der Waals surface area contributed by atoms with E-state index in [0.717, 1.165) is 5.69 Å². The third kappa shape index (κ3) is 3.25. The number of ether oxygens (including phenoxy) is 1. The Morgan fingerprint density at radius 1 is 1.13 bits per heavy atom. The molecule has 0 saturated carbocycles. The van der Waals surface area contributed by atoms with Crippen LogP contribution in [0.4, 0.5) is 0 Å². The lowest BCUT2D eigenvalue weighted by Crippen LogP contribution is -2.18. The fraction of sp³-hybridized carbons (Fsp3) is 0.150. The second kappa shape index (κ2) is 7.39. The van der Waals surface area contributed by atoms with Gasteiger partial charge in [-0.1, -0.05) is 18.2 Å². The maximum absolute atomic E-state index is 12.9. The van der Waals surface area contributed by atoms with Crippen LogP contribution >= 0.6 is 0 Å². The molecule has 0 aliphatic heterocycles. The molecule has 0 unspecified atom stereocenters. The molecule has 154 valence electrons. The highest BCUT2D eigenvalue weighted by Gasteiger charge is 2.20. The normalized spacial score (nSPS) is 11.7. The van der Waals surface area contributed by atoms with Gasteiger partial charge in [0.05, 0.1) is 29.0 Å². The van der Waals surface area contributed by atoms with Crippen LogP contribution in [-0.4, -0.2) is 42.3 Å². The molecule has 2 aromatic heterocycles. The van der Waals surface area contributed by atoms with Gasteiger partial charge in [0.1, 0.15) is 17.1 Å². The van der Waals surface area contributed by atoms with Crippen LogP contribution in [0.5, 0.6) is 5.75 Å². The van der Waals surface area contributed by atoms with E-state index in [2.05, 4.69) is 19.8 Å². The Hall–Kier alpha value is -3.50. The number of nitrogens with one attached hydrogen (secondary N) is 2. The Kier molecular flexibility index (Phi) is 4.88. The van der Waals surface area contributed by atoms with Crippen molar-refractivity contribution in [3.8, 4) is 22.8 Å². The second-order valence-corrected chi connectivity index (χ2v) is 8.40. The van der Waals surface area contributed by atoms with Gasteiger partial charge in [-0.2, -0.15) is 5.10 Å². The smallest absolute Gasteiger partial charge is 0.277 e. The molecule has 9 nitrogen and oxygen atoms in total. The van der Waals surface area contributed by atoms with E-state index in [9.17, 15) is 13.2 Å². The molecule has 2 heterocycles. The predicted octanol–water partition coefficient (Wildman–Crippen LogP) is 2.00. The van der Waals surface area contributed by atoms with Crippen LogP contribution < -0.4 is 15.0 Å². The highest BCUT2D eigenvalue weighted by Crippen LogP contribution is 2.30. The third-order valence-electron chi connectivity index (χ3n) is 4.71. The fourth-order valence-electron chi connectivity index (χ4n) is 3.20. The number of methoxy groups -OCH3 is 1. The molecule has 0 aliphatic rings. The zero-order chi connectivity index (χ0) is 21.5. The second-order valence-electron chi connectivity index (χ2n) is 6.51. The largest absolute Gasteiger partial charge is 0.496 e. The van der Waals surface area contributed by atoms with Crippen molar-refractivity contribution in [1.82, 2.24) is 24.5 Å². The van der Waals surface area contributed by atoms with Gasteiger partial charge in [0.15, 0.2) is 5.52 Å². The number of aromatic nitrogens is 4. The maximum Gasteiger partial charge on any atom is 0.277 e. The van der Waals surface area contributed by atoms with E-state index in [-0.39, 0.29) is 22.0 Å². The number of nitrogens with zero attached hydrogens (tertiary/aromatic N) is 3. The Bertz CT molecular complexity index is 1410. The number of hydrogen-bond acceptors (Lipinski definition) is 6. The van der Waals surface area contributed by atoms with E-state index in [0.29, 0.717) is 22.3 Å². The van der Waals surface area contributed by atoms with Gasteiger partial charge in [0, 0.05) is 6.07 Å². The number of aryl methyl sites for hydroxylation is 1. The lowest BCUT2D eigenvalue weighted by atomic mass is 10.2. The van der Waals surface area contributed by atoms with Crippen molar-refractivity contribution < 1.29 is 13.2 Å². The quantitative estimate of drug-likeness (QED) is 0.505. The summed E-state index contributed by atoms with van der Waals surface area (Å²) in [5, 5.41) is 4.47. The molecule has 2 aromatic carbocycles. The van der Waals surface area contributed by atoms with Crippen LogP contribution in [0.3, 0.4) is 0 Å². The van der Waals surface area contributed by atoms with Crippen LogP contribution in [0.25, 0.3) is 28.1 Å². The molecular formula is C20H19N5O4S. The van der Waals surface area contributed by atoms with Gasteiger partial charge in [0.25, 0.3) is 5.56 Å². The topological polar surface area (TPSA) is 119 Å². The first-order valence-electron chi connectivity index (χ1n) is 9.02. The number of sulfonamides is 1. The van der Waals surface area contributed by atoms with E-state index in [1.807, 2.05) is 30.3 Å². The molecule has 30 heavy (non-hydrogen) atoms. The standard InChI is InChI=1S/C20H19N5O4S/c1-12-17-18(25(24-12)13-7-5-4-6-8-13)20(26)23-19(22-17)15-10-9-14(11-16(15)29-3)30(27,28)21-2/h4-11,21H,1-3H3,(H,22,23,26). The van der Waals surface area contributed by atoms with Crippen LogP contribution in [0.15, 0.2) is 58.2 Å². The molecule has 0 saturated heterocycles. The number of para-hydroxylation sites is 1. The average molecular weight is 425 g/mol. The van der Waals surface area contributed by atoms with E-state index in [1.54, 1.807) is 17.7 Å². The molecule has 2 N–H and O–H groups in total. The first-order chi connectivity index (χ1) is 14.4. The van der Waals surface area contributed by atoms with E-state index >= 15 is 0 Å². The van der Waals surface area contributed by atoms with Crippen molar-refractivity contribution in [1.29, 1.82) is 0 Å². The van der Waals surface area contributed by atoms with Crippen molar-refractivity contribution in [3.05, 3.63) is 64.6 Å². The van der Waals surface area contributed by atoms with Gasteiger partial charge >= 0.3 is 0 Å². The summed E-state index contributed by atoms with van der Waals surface area (Å²) in [6, 6.07) is 13.7. The van der Waals surface area contributed by atoms with Crippen molar-refractivity contribution in [3.63, 3.8) is 0 Å². The zero-order valence-corrected chi connectivity index (χ0v) is 17.3. The molecule has 0 radical (unpaired) electrons. The molecule has 0 atom stereocenters. The summed E-state index contributed by atoms with van der Waals surface area (Å²) in [4.78, 5) is 20.3. The Balaban J connectivity index is 1.92. The highest BCUT2D eigenvalue weighted by molar-refractivity contribution is 7.89. The summed E-state index contributed by atoms with van der Waals surface area (Å²) < 4.78 is 33.3. The average Bonchev–Trinajstić information content (AvgIpc) is 3.11. The first-order valence-corrected chi connectivity index (χ1v) is 10.5. The minimum atomic E-state index is -3.64. The predicted molar refractivity (Wildman–Crippen MR) is 112 cm³/mol. The number of hydrogen-bond donors (Lipinski definition) is 2. The lowest BCUT2D eigenvalue weighted by Gasteiger charge is -2.11. The van der Waals surface area contributed by atoms with Gasteiger partial charge in [-0.25, -0.2) is 22.8 Å². The summed E-state index contributed by atoms with van der Waals surface area (Å²) in [5.41, 5.74) is 2.21. The van der Waals surface area contributed by atoms with Crippen LogP contribution in [0, 0.1) is 6.92 Å². The Morgan fingerprint density at radius 2 is 1.87 bits per heavy atom. The van der Waals surface area contributed by atoms with E-state index < -0.39 is 10.0 Å². The molecule has 0 aliphatic carbocycles. The van der Waals surface area contributed by atoms with Gasteiger partial charge in [-0.15, -0.1) is 0 Å². The van der Waals surface area contributed by atoms with E-state index in [4.69, 9.17) is 4.74 Å². The Morgan fingerprint density at radius 3 is 2.53 bits per heavy atom. The van der Waals surface area contributed by atoms with Gasteiger partial charge in [-0.3, -0.25) is 4.79 Å². The molecule has 0 amide bonds. The van der Waals surface area contributed by atoms with Gasteiger partial charge in [-0.05, 0) is 38.2 Å². The van der Waals surface area contributed by atoms with Crippen molar-refractivity contribution in [2.45, 2.75) is 11.8 Å². The van der Waals surface area contributed by atoms with Crippen molar-refractivity contribution >= 4 is 21.1 Å². The number of rotatable bonds is 5. The van der Waals surface area contributed by atoms with Gasteiger partial charge in [0.2, 0.25) is 10.0 Å². The molecule has 4 aromatic rings. The number of benzene rings is 2. The van der Waals surface area contributed by atoms with E-state index in [1.165, 1.54) is 26.3 Å². The zero-order valence-electron chi connectivity index (χ0n) is 16.5. The Labute approximate surface area is 172 Å². The van der Waals surface area contributed by atoms with Crippen LogP contribution in [-0.2, 0) is 10.0 Å². The van der Waals surface area contributed by atoms with Crippen LogP contribution in [0.2, 0.25) is 0 Å². The molecule has 0 spiro atoms. The number of aromatic amines is 1. The molecule has 0 bridgehead atoms. The molecular weight excluding hydrogens is 406 g/mol. The minimum Gasteiger partial charge on any atom is -0.496 e. The number of fused-ring (bicyclic) bond motifs is 1. The first kappa shape index (κ1) is 19.8. The summed E-state index contributed by atoms with van der Waals surface area (Å²) in [6.45, 7) is 1.78. The van der Waals surface area contributed by atoms with Crippen LogP contribution in [0.1, 0.15) is 5.69 Å². The minimum absolute atomic E-state index is 0.0436. The van der Waals surface area contributed by atoms with Crippen molar-refractivity contribution in [2.75, 3.05) is 14.2 Å². The molecule has 4 rings (SSSR count). The highest BCUT2D eigenvalue weighted by atomic mass is 32.2. The summed E-state index contributed by atoms with van der Waals surface area (Å²) in [6.07, 6.45) is 0. The molecule has 10 heteroatoms. The number of H-pyrrole nitrogens is 1. The summed E-state index contributed by atoms with van der Waals surface area (Å²) in [7, 11) is -0.892. The fourth-order valence-corrected chi connectivity index (χ4v) is 3.94. The molecule has 0 fully saturated rings. The SMILES string of the molecule is CNS(=O)(=O)c1ccc(-c2nc3c(C)nn(-c4ccccc4)c3c(=O)[nH]2)c(OC)c1. The third-order valence-corrected chi connectivity index (χ3v) is 6.12.